The number of rotatable bonds is 6. The number of nitrogens with one attached hydrogen (secondary N) is 1. The summed E-state index contributed by atoms with van der Waals surface area (Å²) in [6, 6.07) is 13.0. The molecule has 7 nitrogen and oxygen atoms in total. The molecule has 2 aromatic heterocycles. The molecule has 0 radical (unpaired) electrons. The van der Waals surface area contributed by atoms with Gasteiger partial charge in [-0.3, -0.25) is 9.78 Å². The Bertz CT molecular complexity index is 1190. The summed E-state index contributed by atoms with van der Waals surface area (Å²) < 4.78 is 20.6. The van der Waals surface area contributed by atoms with Gasteiger partial charge in [0.2, 0.25) is 5.88 Å². The molecular formula is C23H20FN5O2. The zero-order valence-electron chi connectivity index (χ0n) is 17.0. The highest BCUT2D eigenvalue weighted by molar-refractivity contribution is 6.05. The lowest BCUT2D eigenvalue weighted by molar-refractivity contribution is 0.102. The molecule has 0 saturated carbocycles. The summed E-state index contributed by atoms with van der Waals surface area (Å²) in [5.74, 6) is 0.259. The Kier molecular flexibility index (Phi) is 5.70. The van der Waals surface area contributed by atoms with E-state index in [1.807, 2.05) is 13.8 Å². The fraction of sp³-hybridized carbons (Fsp3) is 0.130. The number of carbonyl (C=O) groups is 1. The topological polar surface area (TPSA) is 81.9 Å². The number of amides is 1. The van der Waals surface area contributed by atoms with Crippen LogP contribution in [0.5, 0.6) is 11.6 Å². The number of hydrogen-bond acceptors (Lipinski definition) is 5. The van der Waals surface area contributed by atoms with Gasteiger partial charge in [0.15, 0.2) is 0 Å². The van der Waals surface area contributed by atoms with Gasteiger partial charge in [-0.15, -0.1) is 0 Å². The number of nitrogens with zero attached hydrogens (tertiary/aromatic N) is 4. The van der Waals surface area contributed by atoms with Crippen LogP contribution in [0.3, 0.4) is 0 Å². The third-order valence-electron chi connectivity index (χ3n) is 4.52. The minimum Gasteiger partial charge on any atom is -0.437 e. The summed E-state index contributed by atoms with van der Waals surface area (Å²) >= 11 is 0. The van der Waals surface area contributed by atoms with Crippen molar-refractivity contribution in [2.75, 3.05) is 5.32 Å². The van der Waals surface area contributed by atoms with E-state index in [0.717, 1.165) is 5.69 Å². The summed E-state index contributed by atoms with van der Waals surface area (Å²) in [5, 5.41) is 7.25. The largest absolute Gasteiger partial charge is 0.437 e. The summed E-state index contributed by atoms with van der Waals surface area (Å²) in [7, 11) is 0. The van der Waals surface area contributed by atoms with E-state index in [1.54, 1.807) is 47.3 Å². The van der Waals surface area contributed by atoms with Gasteiger partial charge in [-0.1, -0.05) is 19.9 Å². The van der Waals surface area contributed by atoms with Crippen LogP contribution in [0.4, 0.5) is 10.1 Å². The number of ether oxygens (including phenoxy) is 1. The Morgan fingerprint density at radius 3 is 2.61 bits per heavy atom. The molecule has 0 fully saturated rings. The third kappa shape index (κ3) is 4.58. The van der Waals surface area contributed by atoms with Crippen LogP contribution in [0, 0.1) is 5.82 Å². The van der Waals surface area contributed by atoms with Crippen molar-refractivity contribution in [2.45, 2.75) is 19.8 Å². The lowest BCUT2D eigenvalue weighted by atomic mass is 10.0. The monoisotopic (exact) mass is 417 g/mol. The first-order chi connectivity index (χ1) is 15.0. The van der Waals surface area contributed by atoms with E-state index in [9.17, 15) is 9.18 Å². The second kappa shape index (κ2) is 8.74. The average molecular weight is 417 g/mol. The van der Waals surface area contributed by atoms with Gasteiger partial charge in [-0.05, 0) is 42.3 Å². The second-order valence-electron chi connectivity index (χ2n) is 7.11. The molecule has 4 aromatic rings. The van der Waals surface area contributed by atoms with Crippen molar-refractivity contribution in [1.82, 2.24) is 19.7 Å². The predicted octanol–water partition coefficient (Wildman–Crippen LogP) is 4.97. The van der Waals surface area contributed by atoms with Crippen molar-refractivity contribution in [3.05, 3.63) is 90.4 Å². The van der Waals surface area contributed by atoms with Gasteiger partial charge in [0.05, 0.1) is 29.3 Å². The first-order valence-electron chi connectivity index (χ1n) is 9.70. The molecule has 0 aliphatic heterocycles. The van der Waals surface area contributed by atoms with Crippen LogP contribution in [0.25, 0.3) is 5.69 Å². The van der Waals surface area contributed by atoms with Crippen LogP contribution in [-0.4, -0.2) is 25.7 Å². The SMILES string of the molecule is CC(C)c1c(C(=O)Nc2cccc(Oc3cnccn3)c2)cnn1-c1ccc(F)cc1. The van der Waals surface area contributed by atoms with E-state index in [2.05, 4.69) is 20.4 Å². The summed E-state index contributed by atoms with van der Waals surface area (Å²) in [4.78, 5) is 21.1. The summed E-state index contributed by atoms with van der Waals surface area (Å²) in [6.07, 6.45) is 6.12. The number of hydrogen-bond donors (Lipinski definition) is 1. The minimum atomic E-state index is -0.330. The molecule has 1 amide bonds. The van der Waals surface area contributed by atoms with Crippen molar-refractivity contribution in [3.8, 4) is 17.3 Å². The maximum absolute atomic E-state index is 13.3. The van der Waals surface area contributed by atoms with Crippen molar-refractivity contribution < 1.29 is 13.9 Å². The fourth-order valence-electron chi connectivity index (χ4n) is 3.17. The maximum Gasteiger partial charge on any atom is 0.259 e. The molecule has 0 saturated heterocycles. The van der Waals surface area contributed by atoms with Crippen LogP contribution in [0.2, 0.25) is 0 Å². The Labute approximate surface area is 178 Å². The number of anilines is 1. The van der Waals surface area contributed by atoms with E-state index in [0.29, 0.717) is 28.6 Å². The highest BCUT2D eigenvalue weighted by atomic mass is 19.1. The highest BCUT2D eigenvalue weighted by Gasteiger charge is 2.21. The summed E-state index contributed by atoms with van der Waals surface area (Å²) in [5.41, 5.74) is 2.43. The first-order valence-corrected chi connectivity index (χ1v) is 9.70. The lowest BCUT2D eigenvalue weighted by Crippen LogP contribution is -2.15. The van der Waals surface area contributed by atoms with Crippen LogP contribution in [-0.2, 0) is 0 Å². The van der Waals surface area contributed by atoms with Crippen molar-refractivity contribution >= 4 is 11.6 Å². The van der Waals surface area contributed by atoms with Crippen LogP contribution < -0.4 is 10.1 Å². The molecule has 4 rings (SSSR count). The molecule has 0 aliphatic carbocycles. The molecule has 156 valence electrons. The molecule has 0 atom stereocenters. The Morgan fingerprint density at radius 2 is 1.90 bits per heavy atom. The Hall–Kier alpha value is -4.07. The average Bonchev–Trinajstić information content (AvgIpc) is 3.21. The van der Waals surface area contributed by atoms with Gasteiger partial charge in [-0.2, -0.15) is 5.10 Å². The molecule has 1 N–H and O–H groups in total. The second-order valence-corrected chi connectivity index (χ2v) is 7.11. The van der Waals surface area contributed by atoms with Gasteiger partial charge < -0.3 is 10.1 Å². The van der Waals surface area contributed by atoms with Crippen LogP contribution in [0.15, 0.2) is 73.3 Å². The Morgan fingerprint density at radius 1 is 1.10 bits per heavy atom. The van der Waals surface area contributed by atoms with Gasteiger partial charge in [0, 0.05) is 24.1 Å². The van der Waals surface area contributed by atoms with Gasteiger partial charge in [0.1, 0.15) is 11.6 Å². The standard InChI is InChI=1S/C23H20FN5O2/c1-15(2)22-20(13-27-29(22)18-8-6-16(24)7-9-18)23(30)28-17-4-3-5-19(12-17)31-21-14-25-10-11-26-21/h3-15H,1-2H3,(H,28,30). The molecule has 0 aliphatic rings. The van der Waals surface area contributed by atoms with Crippen molar-refractivity contribution in [1.29, 1.82) is 0 Å². The Balaban J connectivity index is 1.58. The zero-order valence-corrected chi connectivity index (χ0v) is 17.0. The first kappa shape index (κ1) is 20.2. The maximum atomic E-state index is 13.3. The van der Waals surface area contributed by atoms with Gasteiger partial charge >= 0.3 is 0 Å². The molecule has 0 bridgehead atoms. The van der Waals surface area contributed by atoms with Gasteiger partial charge in [0.25, 0.3) is 5.91 Å². The zero-order chi connectivity index (χ0) is 21.8. The molecule has 0 spiro atoms. The quantitative estimate of drug-likeness (QED) is 0.479. The highest BCUT2D eigenvalue weighted by Crippen LogP contribution is 2.26. The number of aromatic nitrogens is 4. The fourth-order valence-corrected chi connectivity index (χ4v) is 3.17. The lowest BCUT2D eigenvalue weighted by Gasteiger charge is -2.13. The summed E-state index contributed by atoms with van der Waals surface area (Å²) in [6.45, 7) is 3.95. The van der Waals surface area contributed by atoms with Crippen LogP contribution >= 0.6 is 0 Å². The van der Waals surface area contributed by atoms with Crippen LogP contribution in [0.1, 0.15) is 35.8 Å². The molecule has 31 heavy (non-hydrogen) atoms. The van der Waals surface area contributed by atoms with E-state index < -0.39 is 0 Å². The molecule has 2 heterocycles. The van der Waals surface area contributed by atoms with E-state index in [1.165, 1.54) is 30.7 Å². The van der Waals surface area contributed by atoms with E-state index >= 15 is 0 Å². The normalized spacial score (nSPS) is 10.8. The smallest absolute Gasteiger partial charge is 0.259 e. The predicted molar refractivity (Wildman–Crippen MR) is 114 cm³/mol. The number of halogens is 1. The van der Waals surface area contributed by atoms with Gasteiger partial charge in [-0.25, -0.2) is 14.1 Å². The van der Waals surface area contributed by atoms with E-state index in [-0.39, 0.29) is 17.6 Å². The molecule has 8 heteroatoms. The van der Waals surface area contributed by atoms with E-state index in [4.69, 9.17) is 4.74 Å². The number of carbonyl (C=O) groups excluding carboxylic acids is 1. The van der Waals surface area contributed by atoms with Crippen molar-refractivity contribution in [3.63, 3.8) is 0 Å². The third-order valence-corrected chi connectivity index (χ3v) is 4.52. The molecule has 0 unspecified atom stereocenters. The number of benzene rings is 2. The van der Waals surface area contributed by atoms with Crippen molar-refractivity contribution in [2.24, 2.45) is 0 Å². The molecular weight excluding hydrogens is 397 g/mol. The molecule has 2 aromatic carbocycles. The minimum absolute atomic E-state index is 0.0135.